The maximum Gasteiger partial charge on any atom is 0.433 e. The van der Waals surface area contributed by atoms with Gasteiger partial charge in [-0.05, 0) is 24.4 Å². The van der Waals surface area contributed by atoms with Crippen molar-refractivity contribution < 1.29 is 18.8 Å². The van der Waals surface area contributed by atoms with E-state index in [-0.39, 0.29) is 22.5 Å². The molecule has 4 aliphatic heterocycles. The van der Waals surface area contributed by atoms with E-state index < -0.39 is 6.04 Å². The number of nitrogens with one attached hydrogen (secondary N) is 1. The number of amides is 3. The molecule has 8 nitrogen and oxygen atoms in total. The lowest BCUT2D eigenvalue weighted by molar-refractivity contribution is -0.851. The van der Waals surface area contributed by atoms with E-state index in [9.17, 15) is 9.59 Å². The van der Waals surface area contributed by atoms with Crippen molar-refractivity contribution in [2.45, 2.75) is 18.5 Å². The number of urea groups is 1. The highest BCUT2D eigenvalue weighted by Gasteiger charge is 2.72. The van der Waals surface area contributed by atoms with Crippen LogP contribution in [0.5, 0.6) is 0 Å². The lowest BCUT2D eigenvalue weighted by Gasteiger charge is -2.34. The zero-order chi connectivity index (χ0) is 23.3. The minimum absolute atomic E-state index is 0.108. The minimum Gasteiger partial charge on any atom is -0.379 e. The first-order valence-corrected chi connectivity index (χ1v) is 12.5. The number of quaternary nitrogens is 1. The molecule has 0 saturated carbocycles. The first-order valence-electron chi connectivity index (χ1n) is 12.1. The average molecular weight is 481 g/mol. The third kappa shape index (κ3) is 3.37. The lowest BCUT2D eigenvalue weighted by Crippen LogP contribution is -2.64. The summed E-state index contributed by atoms with van der Waals surface area (Å²) >= 11 is 5.82. The Morgan fingerprint density at radius 3 is 2.74 bits per heavy atom. The number of rotatable bonds is 6. The second kappa shape index (κ2) is 8.66. The third-order valence-corrected chi connectivity index (χ3v) is 8.24. The first kappa shape index (κ1) is 22.1. The van der Waals surface area contributed by atoms with Crippen LogP contribution < -0.4 is 10.2 Å². The monoisotopic (exact) mass is 480 g/mol. The van der Waals surface area contributed by atoms with E-state index in [0.29, 0.717) is 30.4 Å². The molecule has 1 spiro atoms. The van der Waals surface area contributed by atoms with Crippen LogP contribution in [0.4, 0.5) is 10.5 Å². The molecule has 4 aliphatic rings. The van der Waals surface area contributed by atoms with Crippen molar-refractivity contribution in [3.63, 3.8) is 0 Å². The molecule has 3 amide bonds. The minimum atomic E-state index is -0.390. The SMILES string of the molecule is O=C1C2CN3CC(C(=S)NCCCN4CCOCC4)[N+]2(C3)C(=O)N1c1cccc2ccccc12. The second-order valence-electron chi connectivity index (χ2n) is 9.69. The van der Waals surface area contributed by atoms with Crippen molar-refractivity contribution in [3.8, 4) is 0 Å². The van der Waals surface area contributed by atoms with Gasteiger partial charge in [0.05, 0.1) is 32.0 Å². The van der Waals surface area contributed by atoms with Gasteiger partial charge in [-0.3, -0.25) is 9.69 Å². The number of hydrogen-bond acceptors (Lipinski definition) is 6. The number of imide groups is 1. The molecule has 0 radical (unpaired) electrons. The van der Waals surface area contributed by atoms with E-state index in [2.05, 4.69) is 15.1 Å². The van der Waals surface area contributed by atoms with Gasteiger partial charge in [-0.25, -0.2) is 14.2 Å². The van der Waals surface area contributed by atoms with Gasteiger partial charge < -0.3 is 10.1 Å². The van der Waals surface area contributed by atoms with Gasteiger partial charge in [0.1, 0.15) is 11.7 Å². The largest absolute Gasteiger partial charge is 0.433 e. The van der Waals surface area contributed by atoms with E-state index in [4.69, 9.17) is 17.0 Å². The van der Waals surface area contributed by atoms with Crippen molar-refractivity contribution in [1.29, 1.82) is 0 Å². The maximum absolute atomic E-state index is 14.0. The molecule has 34 heavy (non-hydrogen) atoms. The van der Waals surface area contributed by atoms with E-state index >= 15 is 0 Å². The number of thiocarbonyl (C=S) groups is 1. The van der Waals surface area contributed by atoms with Crippen molar-refractivity contribution in [2.75, 3.05) is 64.1 Å². The zero-order valence-electron chi connectivity index (χ0n) is 19.2. The molecule has 9 heteroatoms. The van der Waals surface area contributed by atoms with E-state index in [1.54, 1.807) is 0 Å². The Morgan fingerprint density at radius 2 is 1.88 bits per heavy atom. The quantitative estimate of drug-likeness (QED) is 0.293. The van der Waals surface area contributed by atoms with Crippen LogP contribution in [0.15, 0.2) is 42.5 Å². The number of benzene rings is 2. The Morgan fingerprint density at radius 1 is 1.09 bits per heavy atom. The molecule has 178 valence electrons. The number of fused-ring (bicyclic) bond motifs is 2. The number of hydrogen-bond donors (Lipinski definition) is 1. The van der Waals surface area contributed by atoms with Gasteiger partial charge in [-0.1, -0.05) is 48.6 Å². The van der Waals surface area contributed by atoms with Crippen molar-refractivity contribution in [1.82, 2.24) is 15.1 Å². The highest BCUT2D eigenvalue weighted by molar-refractivity contribution is 7.80. The summed E-state index contributed by atoms with van der Waals surface area (Å²) in [5.41, 5.74) is 0.677. The van der Waals surface area contributed by atoms with Crippen LogP contribution >= 0.6 is 12.2 Å². The van der Waals surface area contributed by atoms with Gasteiger partial charge in [0.25, 0.3) is 5.91 Å². The van der Waals surface area contributed by atoms with Gasteiger partial charge in [-0.2, -0.15) is 4.90 Å². The Hall–Kier alpha value is -2.43. The van der Waals surface area contributed by atoms with E-state index in [0.717, 1.165) is 56.6 Å². The standard InChI is InChI=1S/C25H29N5O3S/c31-24-22-16-28-15-21(23(34)26-9-4-10-27-11-13-33-14-12-27)30(22,17-28)25(32)29(24)20-8-3-6-18-5-1-2-7-19(18)20/h1-3,5-8,21-22H,4,9-17H2/p+1. The normalized spacial score (nSPS) is 30.8. The van der Waals surface area contributed by atoms with Crippen LogP contribution in [-0.2, 0) is 9.53 Å². The summed E-state index contributed by atoms with van der Waals surface area (Å²) in [6, 6.07) is 13.0. The Balaban J connectivity index is 1.20. The fraction of sp³-hybridized carbons (Fsp3) is 0.480. The van der Waals surface area contributed by atoms with Crippen LogP contribution in [-0.4, -0.2) is 102 Å². The van der Waals surface area contributed by atoms with E-state index in [1.165, 1.54) is 4.90 Å². The van der Waals surface area contributed by atoms with Gasteiger partial charge >= 0.3 is 6.03 Å². The van der Waals surface area contributed by atoms with Crippen molar-refractivity contribution in [2.24, 2.45) is 0 Å². The lowest BCUT2D eigenvalue weighted by atomic mass is 10.1. The van der Waals surface area contributed by atoms with Crippen LogP contribution in [0.3, 0.4) is 0 Å². The summed E-state index contributed by atoms with van der Waals surface area (Å²) in [4.78, 5) is 34.4. The second-order valence-corrected chi connectivity index (χ2v) is 10.1. The fourth-order valence-electron chi connectivity index (χ4n) is 6.12. The number of ether oxygens (including phenoxy) is 1. The summed E-state index contributed by atoms with van der Waals surface area (Å²) in [7, 11) is 0. The molecule has 4 heterocycles. The molecule has 4 saturated heterocycles. The molecule has 4 unspecified atom stereocenters. The van der Waals surface area contributed by atoms with Gasteiger partial charge in [0.15, 0.2) is 12.1 Å². The summed E-state index contributed by atoms with van der Waals surface area (Å²) in [5, 5.41) is 5.36. The average Bonchev–Trinajstić information content (AvgIpc) is 3.50. The van der Waals surface area contributed by atoms with Gasteiger partial charge in [-0.15, -0.1) is 0 Å². The number of anilines is 1. The smallest absolute Gasteiger partial charge is 0.379 e. The number of carbonyl (C=O) groups is 2. The highest BCUT2D eigenvalue weighted by atomic mass is 32.1. The molecule has 0 aliphatic carbocycles. The highest BCUT2D eigenvalue weighted by Crippen LogP contribution is 2.44. The third-order valence-electron chi connectivity index (χ3n) is 7.83. The molecule has 6 rings (SSSR count). The Labute approximate surface area is 204 Å². The molecule has 2 bridgehead atoms. The van der Waals surface area contributed by atoms with E-state index in [1.807, 2.05) is 42.5 Å². The molecule has 1 N–H and O–H groups in total. The molecular formula is C25H30N5O3S+. The predicted octanol–water partition coefficient (Wildman–Crippen LogP) is 1.79. The van der Waals surface area contributed by atoms with Crippen molar-refractivity contribution >= 4 is 45.6 Å². The summed E-state index contributed by atoms with van der Waals surface area (Å²) in [5.74, 6) is -0.108. The Kier molecular flexibility index (Phi) is 5.62. The van der Waals surface area contributed by atoms with Gasteiger partial charge in [0, 0.05) is 25.0 Å². The van der Waals surface area contributed by atoms with Crippen LogP contribution in [0.25, 0.3) is 10.8 Å². The van der Waals surface area contributed by atoms with Crippen LogP contribution in [0, 0.1) is 0 Å². The number of nitrogens with zero attached hydrogens (tertiary/aromatic N) is 4. The summed E-state index contributed by atoms with van der Waals surface area (Å²) in [6.45, 7) is 7.21. The molecule has 4 atom stereocenters. The molecule has 0 aromatic heterocycles. The van der Waals surface area contributed by atoms with Crippen molar-refractivity contribution in [3.05, 3.63) is 42.5 Å². The molecular weight excluding hydrogens is 450 g/mol. The Bertz CT molecular complexity index is 1150. The number of piperazine rings is 1. The maximum atomic E-state index is 14.0. The first-order chi connectivity index (χ1) is 16.6. The topological polar surface area (TPSA) is 65.1 Å². The van der Waals surface area contributed by atoms with Crippen LogP contribution in [0.1, 0.15) is 6.42 Å². The summed E-state index contributed by atoms with van der Waals surface area (Å²) < 4.78 is 5.52. The number of carbonyl (C=O) groups excluding carboxylic acids is 2. The predicted molar refractivity (Wildman–Crippen MR) is 134 cm³/mol. The fourth-order valence-corrected chi connectivity index (χ4v) is 6.49. The van der Waals surface area contributed by atoms with Gasteiger partial charge in [0.2, 0.25) is 0 Å². The molecule has 2 aromatic rings. The molecule has 4 fully saturated rings. The summed E-state index contributed by atoms with van der Waals surface area (Å²) in [6.07, 6.45) is 0.981. The molecule has 2 aromatic carbocycles. The zero-order valence-corrected chi connectivity index (χ0v) is 20.0. The number of morpholine rings is 1. The van der Waals surface area contributed by atoms with Crippen LogP contribution in [0.2, 0.25) is 0 Å².